The van der Waals surface area contributed by atoms with Crippen LogP contribution in [0.3, 0.4) is 0 Å². The molecule has 22 heteroatoms. The first-order valence-electron chi connectivity index (χ1n) is 28.3. The minimum atomic E-state index is -1.24. The molecule has 3 aliphatic heterocycles. The molecule has 8 atom stereocenters. The number of nitrogens with zero attached hydrogens (tertiary/aromatic N) is 8. The van der Waals surface area contributed by atoms with E-state index in [9.17, 15) is 33.6 Å². The second-order valence-corrected chi connectivity index (χ2v) is 21.7. The van der Waals surface area contributed by atoms with E-state index in [4.69, 9.17) is 0 Å². The molecule has 0 saturated carbocycles. The van der Waals surface area contributed by atoms with Gasteiger partial charge in [-0.2, -0.15) is 0 Å². The van der Waals surface area contributed by atoms with Crippen molar-refractivity contribution in [2.24, 2.45) is 5.92 Å². The van der Waals surface area contributed by atoms with Gasteiger partial charge in [-0.05, 0) is 61.8 Å². The van der Waals surface area contributed by atoms with Crippen LogP contribution in [0.15, 0.2) is 146 Å². The average Bonchev–Trinajstić information content (AvgIpc) is 4.55. The maximum Gasteiger partial charge on any atom is 0.250 e. The summed E-state index contributed by atoms with van der Waals surface area (Å²) in [6.07, 6.45) is 7.25. The summed E-state index contributed by atoms with van der Waals surface area (Å²) >= 11 is 0. The fraction of sp³-hybridized carbons (Fsp3) is 0.355. The van der Waals surface area contributed by atoms with Gasteiger partial charge in [-0.25, -0.2) is 0 Å². The molecular weight excluding hydrogens is 1070 g/mol. The highest BCUT2D eigenvalue weighted by Crippen LogP contribution is 2.30. The number of carbonyl (C=O) groups excluding carboxylic acids is 8. The number of amides is 8. The molecule has 0 radical (unpaired) electrons. The second-order valence-electron chi connectivity index (χ2n) is 21.7. The number of nitrogens with one attached hydrogen (secondary N) is 6. The monoisotopic (exact) mass is 1140 g/mol. The van der Waals surface area contributed by atoms with Crippen LogP contribution in [-0.4, -0.2) is 136 Å². The topological polar surface area (TPSA) is 277 Å². The van der Waals surface area contributed by atoms with E-state index in [0.717, 1.165) is 5.56 Å². The third kappa shape index (κ3) is 14.0. The fourth-order valence-electron chi connectivity index (χ4n) is 10.6. The fourth-order valence-corrected chi connectivity index (χ4v) is 10.6. The SMILES string of the molecule is CC(C)[C@@H]1NC(=O)[C@H](Cc2ccccc2)NC(=O)[C@H](Cc2ccccc2)NC(=O)[C@H](C)n2cnnc2C2=CCCN2C(=O)[C@H](Cc2ccccc2)NC(=O)[C@H](Cc2ccccc2)NC(=O)[C@H](C)NC(=O)[C@H](C)n2cnnc2C2=CCCN2C1=O. The summed E-state index contributed by atoms with van der Waals surface area (Å²) in [5, 5.41) is 34.5. The lowest BCUT2D eigenvalue weighted by Crippen LogP contribution is -2.59. The minimum Gasteiger partial charge on any atom is -0.343 e. The molecule has 22 nitrogen and oxygen atoms in total. The van der Waals surface area contributed by atoms with Gasteiger partial charge in [0.1, 0.15) is 61.0 Å². The first-order valence-corrected chi connectivity index (χ1v) is 28.3. The number of hydrogen-bond acceptors (Lipinski definition) is 12. The standard InChI is InChI=1S/C62H70N14O8/c1-38(2)52-62(84)74-31-19-29-51(74)54-72-63-36-75(54)40(4)56(78)65-39(3)55(77)66-46(32-42-20-10-6-11-21-42)59(81)69-49(35-45-26-16-9-17-27-45)61(83)73-30-18-28-50(73)53-71-64-37-76(53)41(5)57(79)67-47(33-43-22-12-7-13-23-43)58(80)68-48(60(82)70-52)34-44-24-14-8-15-25-44/h6-17,20-29,36-41,46-49,52H,18-19,30-35H2,1-5H3,(H,65,78)(H,66,77)(H,67,79)(H,68,80)(H,69,81)(H,70,82)/t39-,40-,41-,46-,47-,48-,49-,52-/m0/s1. The van der Waals surface area contributed by atoms with Crippen LogP contribution in [0.1, 0.15) is 93.4 Å². The van der Waals surface area contributed by atoms with Crippen LogP contribution in [0.25, 0.3) is 11.4 Å². The van der Waals surface area contributed by atoms with Gasteiger partial charge in [0.15, 0.2) is 11.6 Å². The lowest BCUT2D eigenvalue weighted by molar-refractivity contribution is -0.136. The van der Waals surface area contributed by atoms with Crippen LogP contribution >= 0.6 is 0 Å². The van der Waals surface area contributed by atoms with Gasteiger partial charge < -0.3 is 41.7 Å². The van der Waals surface area contributed by atoms with Crippen molar-refractivity contribution in [3.63, 3.8) is 0 Å². The summed E-state index contributed by atoms with van der Waals surface area (Å²) in [5.74, 6) is -4.95. The molecule has 0 aliphatic carbocycles. The maximum absolute atomic E-state index is 15.2. The highest BCUT2D eigenvalue weighted by atomic mass is 16.2. The summed E-state index contributed by atoms with van der Waals surface area (Å²) in [6, 6.07) is 27.1. The third-order valence-corrected chi connectivity index (χ3v) is 15.3. The molecule has 6 aromatic rings. The molecule has 8 amide bonds. The zero-order valence-corrected chi connectivity index (χ0v) is 47.6. The van der Waals surface area contributed by atoms with Gasteiger partial charge in [0, 0.05) is 38.8 Å². The van der Waals surface area contributed by atoms with Crippen LogP contribution in [0.4, 0.5) is 0 Å². The number of hydrogen-bond donors (Lipinski definition) is 6. The van der Waals surface area contributed by atoms with Crippen LogP contribution in [0.2, 0.25) is 0 Å². The highest BCUT2D eigenvalue weighted by molar-refractivity contribution is 5.99. The van der Waals surface area contributed by atoms with Gasteiger partial charge in [-0.1, -0.05) is 147 Å². The zero-order valence-electron chi connectivity index (χ0n) is 47.6. The molecule has 2 aromatic heterocycles. The Kier molecular flexibility index (Phi) is 19.0. The Labute approximate surface area is 486 Å². The minimum absolute atomic E-state index is 0.0244. The smallest absolute Gasteiger partial charge is 0.250 e. The van der Waals surface area contributed by atoms with Crippen molar-refractivity contribution < 1.29 is 38.4 Å². The van der Waals surface area contributed by atoms with E-state index in [1.807, 2.05) is 109 Å². The second kappa shape index (κ2) is 27.0. The van der Waals surface area contributed by atoms with E-state index in [1.165, 1.54) is 38.5 Å². The Balaban J connectivity index is 1.09. The molecule has 6 N–H and O–H groups in total. The largest absolute Gasteiger partial charge is 0.343 e. The van der Waals surface area contributed by atoms with Crippen LogP contribution in [0, 0.1) is 5.92 Å². The number of aromatic nitrogens is 6. The normalized spacial score (nSPS) is 23.5. The summed E-state index contributed by atoms with van der Waals surface area (Å²) in [5.41, 5.74) is 3.56. The van der Waals surface area contributed by atoms with Crippen molar-refractivity contribution in [3.05, 3.63) is 180 Å². The van der Waals surface area contributed by atoms with Gasteiger partial charge >= 0.3 is 0 Å². The molecule has 0 spiro atoms. The number of fused-ring (bicyclic) bond motifs is 6. The molecular formula is C62H70N14O8. The van der Waals surface area contributed by atoms with E-state index in [0.29, 0.717) is 40.9 Å². The van der Waals surface area contributed by atoms with E-state index in [-0.39, 0.29) is 50.4 Å². The number of carbonyl (C=O) groups is 8. The molecule has 0 unspecified atom stereocenters. The lowest BCUT2D eigenvalue weighted by atomic mass is 9.99. The van der Waals surface area contributed by atoms with Gasteiger partial charge in [-0.3, -0.25) is 47.5 Å². The van der Waals surface area contributed by atoms with Crippen molar-refractivity contribution in [2.45, 2.75) is 121 Å². The molecule has 436 valence electrons. The van der Waals surface area contributed by atoms with Crippen molar-refractivity contribution in [1.82, 2.24) is 71.2 Å². The Morgan fingerprint density at radius 2 is 0.774 bits per heavy atom. The summed E-state index contributed by atoms with van der Waals surface area (Å²) in [4.78, 5) is 121. The summed E-state index contributed by atoms with van der Waals surface area (Å²) in [6.45, 7) is 8.67. The Morgan fingerprint density at radius 1 is 0.429 bits per heavy atom. The van der Waals surface area contributed by atoms with Gasteiger partial charge in [0.05, 0.1) is 11.4 Å². The summed E-state index contributed by atoms with van der Waals surface area (Å²) < 4.78 is 2.98. The van der Waals surface area contributed by atoms with Gasteiger partial charge in [0.25, 0.3) is 0 Å². The van der Waals surface area contributed by atoms with Crippen LogP contribution in [0.5, 0.6) is 0 Å². The molecule has 0 bridgehead atoms. The summed E-state index contributed by atoms with van der Waals surface area (Å²) in [7, 11) is 0. The molecule has 84 heavy (non-hydrogen) atoms. The maximum atomic E-state index is 15.2. The van der Waals surface area contributed by atoms with Crippen molar-refractivity contribution >= 4 is 58.7 Å². The van der Waals surface area contributed by atoms with E-state index >= 15 is 4.79 Å². The van der Waals surface area contributed by atoms with Crippen molar-refractivity contribution in [2.75, 3.05) is 13.1 Å². The molecule has 4 aromatic carbocycles. The quantitative estimate of drug-likeness (QED) is 0.122. The number of rotatable bonds is 9. The highest BCUT2D eigenvalue weighted by Gasteiger charge is 2.40. The van der Waals surface area contributed by atoms with Gasteiger partial charge in [0.2, 0.25) is 47.3 Å². The zero-order chi connectivity index (χ0) is 59.4. The molecule has 0 saturated heterocycles. The van der Waals surface area contributed by atoms with Crippen molar-refractivity contribution in [3.8, 4) is 0 Å². The number of benzene rings is 4. The van der Waals surface area contributed by atoms with E-state index < -0.39 is 102 Å². The van der Waals surface area contributed by atoms with Gasteiger partial charge in [-0.15, -0.1) is 20.4 Å². The Bertz CT molecular complexity index is 3400. The van der Waals surface area contributed by atoms with Crippen molar-refractivity contribution in [1.29, 1.82) is 0 Å². The Hall–Kier alpha value is -9.60. The van der Waals surface area contributed by atoms with E-state index in [1.54, 1.807) is 52.0 Å². The lowest BCUT2D eigenvalue weighted by Gasteiger charge is -2.31. The predicted octanol–water partition coefficient (Wildman–Crippen LogP) is 3.41. The Morgan fingerprint density at radius 3 is 1.19 bits per heavy atom. The van der Waals surface area contributed by atoms with E-state index in [2.05, 4.69) is 52.3 Å². The predicted molar refractivity (Wildman–Crippen MR) is 311 cm³/mol. The molecule has 9 rings (SSSR count). The van der Waals surface area contributed by atoms with Crippen LogP contribution < -0.4 is 31.9 Å². The third-order valence-electron chi connectivity index (χ3n) is 15.3. The first kappa shape index (κ1) is 59.0. The molecule has 3 aliphatic rings. The van der Waals surface area contributed by atoms with Crippen LogP contribution in [-0.2, 0) is 64.0 Å². The first-order chi connectivity index (χ1) is 40.5. The molecule has 5 heterocycles. The average molecular weight is 1140 g/mol. The molecule has 0 fully saturated rings.